The summed E-state index contributed by atoms with van der Waals surface area (Å²) in [5.74, 6) is -3.33. The van der Waals surface area contributed by atoms with Crippen molar-refractivity contribution in [2.45, 2.75) is 18.9 Å². The van der Waals surface area contributed by atoms with Gasteiger partial charge in [-0.2, -0.15) is 0 Å². The number of benzene rings is 2. The van der Waals surface area contributed by atoms with Crippen molar-refractivity contribution in [2.24, 2.45) is 0 Å². The number of urea groups is 1. The van der Waals surface area contributed by atoms with Crippen LogP contribution in [0.3, 0.4) is 0 Å². The Balaban J connectivity index is 1.76. The van der Waals surface area contributed by atoms with Gasteiger partial charge in [0.05, 0.1) is 6.42 Å². The second-order valence-corrected chi connectivity index (χ2v) is 7.02. The summed E-state index contributed by atoms with van der Waals surface area (Å²) >= 11 is 0. The molecule has 144 valence electrons. The molecule has 0 spiro atoms. The first-order chi connectivity index (χ1) is 13.3. The molecule has 2 saturated heterocycles. The van der Waals surface area contributed by atoms with Crippen LogP contribution >= 0.6 is 0 Å². The molecule has 2 aliphatic rings. The highest BCUT2D eigenvalue weighted by atomic mass is 19.1. The number of amides is 4. The first-order valence-electron chi connectivity index (χ1n) is 8.80. The highest BCUT2D eigenvalue weighted by molar-refractivity contribution is 6.19. The third-order valence-corrected chi connectivity index (χ3v) is 5.22. The third kappa shape index (κ3) is 2.64. The number of piperazine rings is 1. The summed E-state index contributed by atoms with van der Waals surface area (Å²) in [6, 6.07) is 9.92. The van der Waals surface area contributed by atoms with Gasteiger partial charge in [-0.1, -0.05) is 30.3 Å². The molecular formula is C20H17F2N3O3. The predicted molar refractivity (Wildman–Crippen MR) is 97.4 cm³/mol. The van der Waals surface area contributed by atoms with Gasteiger partial charge in [0.2, 0.25) is 11.8 Å². The van der Waals surface area contributed by atoms with Gasteiger partial charge in [-0.3, -0.25) is 9.59 Å². The minimum atomic E-state index is -1.36. The number of hydrogen-bond donors (Lipinski definition) is 1. The van der Waals surface area contributed by atoms with Crippen LogP contribution in [0.2, 0.25) is 0 Å². The zero-order valence-corrected chi connectivity index (χ0v) is 15.0. The van der Waals surface area contributed by atoms with Crippen molar-refractivity contribution >= 4 is 23.5 Å². The van der Waals surface area contributed by atoms with E-state index in [0.717, 1.165) is 12.1 Å². The van der Waals surface area contributed by atoms with Crippen LogP contribution in [0.4, 0.5) is 19.3 Å². The van der Waals surface area contributed by atoms with E-state index < -0.39 is 40.7 Å². The van der Waals surface area contributed by atoms with E-state index in [1.165, 1.54) is 11.8 Å². The van der Waals surface area contributed by atoms with Crippen molar-refractivity contribution < 1.29 is 23.2 Å². The van der Waals surface area contributed by atoms with Gasteiger partial charge in [0.1, 0.15) is 11.2 Å². The molecule has 0 saturated carbocycles. The van der Waals surface area contributed by atoms with Gasteiger partial charge in [-0.05, 0) is 30.2 Å². The molecule has 2 aromatic carbocycles. The number of fused-ring (bicyclic) bond motifs is 1. The largest absolute Gasteiger partial charge is 0.352 e. The second-order valence-electron chi connectivity index (χ2n) is 7.02. The molecule has 2 aromatic rings. The fourth-order valence-corrected chi connectivity index (χ4v) is 3.72. The lowest BCUT2D eigenvalue weighted by atomic mass is 9.89. The van der Waals surface area contributed by atoms with Gasteiger partial charge in [0.15, 0.2) is 11.6 Å². The fourth-order valence-electron chi connectivity index (χ4n) is 3.72. The van der Waals surface area contributed by atoms with Crippen molar-refractivity contribution in [3.05, 3.63) is 54.1 Å². The van der Waals surface area contributed by atoms with Crippen molar-refractivity contribution in [2.75, 3.05) is 18.0 Å². The van der Waals surface area contributed by atoms with E-state index in [9.17, 15) is 23.2 Å². The third-order valence-electron chi connectivity index (χ3n) is 5.22. The molecule has 1 N–H and O–H groups in total. The van der Waals surface area contributed by atoms with E-state index in [4.69, 9.17) is 0 Å². The summed E-state index contributed by atoms with van der Waals surface area (Å²) in [5, 5.41) is 2.61. The minimum Gasteiger partial charge on any atom is -0.352 e. The molecule has 6 nitrogen and oxygen atoms in total. The van der Waals surface area contributed by atoms with Crippen molar-refractivity contribution in [1.82, 2.24) is 10.2 Å². The monoisotopic (exact) mass is 385 g/mol. The summed E-state index contributed by atoms with van der Waals surface area (Å²) in [7, 11) is 0. The maximum absolute atomic E-state index is 14.8. The smallest absolute Gasteiger partial charge is 0.332 e. The van der Waals surface area contributed by atoms with E-state index in [0.29, 0.717) is 16.0 Å². The molecule has 0 aromatic heterocycles. The Bertz CT molecular complexity index is 972. The van der Waals surface area contributed by atoms with Gasteiger partial charge < -0.3 is 10.2 Å². The molecule has 0 aliphatic carbocycles. The maximum atomic E-state index is 14.8. The van der Waals surface area contributed by atoms with Crippen LogP contribution in [0.15, 0.2) is 42.5 Å². The molecule has 8 heteroatoms. The molecule has 1 atom stereocenters. The average Bonchev–Trinajstić information content (AvgIpc) is 2.66. The lowest BCUT2D eigenvalue weighted by Gasteiger charge is -2.48. The summed E-state index contributed by atoms with van der Waals surface area (Å²) < 4.78 is 29.7. The number of anilines is 1. The summed E-state index contributed by atoms with van der Waals surface area (Å²) in [6.45, 7) is 1.83. The van der Waals surface area contributed by atoms with Crippen molar-refractivity contribution in [3.8, 4) is 11.1 Å². The van der Waals surface area contributed by atoms with Crippen molar-refractivity contribution in [3.63, 3.8) is 0 Å². The topological polar surface area (TPSA) is 69.7 Å². The molecule has 0 unspecified atom stereocenters. The van der Waals surface area contributed by atoms with Crippen LogP contribution in [0.1, 0.15) is 13.3 Å². The molecule has 0 bridgehead atoms. The Morgan fingerprint density at radius 2 is 1.64 bits per heavy atom. The lowest BCUT2D eigenvalue weighted by molar-refractivity contribution is -0.140. The van der Waals surface area contributed by atoms with Gasteiger partial charge >= 0.3 is 6.03 Å². The highest BCUT2D eigenvalue weighted by Crippen LogP contribution is 2.36. The normalized spacial score (nSPS) is 22.2. The number of carbonyl (C=O) groups is 3. The van der Waals surface area contributed by atoms with Crippen molar-refractivity contribution in [1.29, 1.82) is 0 Å². The van der Waals surface area contributed by atoms with Gasteiger partial charge in [0.25, 0.3) is 0 Å². The Kier molecular flexibility index (Phi) is 4.14. The average molecular weight is 385 g/mol. The van der Waals surface area contributed by atoms with E-state index in [-0.39, 0.29) is 19.5 Å². The van der Waals surface area contributed by atoms with Crippen LogP contribution < -0.4 is 10.2 Å². The van der Waals surface area contributed by atoms with Crippen LogP contribution in [0.25, 0.3) is 11.1 Å². The maximum Gasteiger partial charge on any atom is 0.332 e. The number of halogens is 2. The predicted octanol–water partition coefficient (Wildman–Crippen LogP) is 2.68. The Morgan fingerprint density at radius 3 is 2.29 bits per heavy atom. The molecule has 2 heterocycles. The Morgan fingerprint density at radius 1 is 1.00 bits per heavy atom. The standard InChI is InChI=1S/C20H17F2N3O3/c1-20-11-16(26)25(19(28)24(20)8-7-23-18(20)27)17-14(21)9-13(10-15(17)22)12-5-3-2-4-6-12/h2-6,9-10H,7-8,11H2,1H3,(H,23,27)/t20-/m0/s1. The first-order valence-corrected chi connectivity index (χ1v) is 8.80. The minimum absolute atomic E-state index is 0.149. The zero-order valence-electron chi connectivity index (χ0n) is 15.0. The van der Waals surface area contributed by atoms with Crippen LogP contribution in [-0.2, 0) is 9.59 Å². The Labute approximate surface area is 159 Å². The summed E-state index contributed by atoms with van der Waals surface area (Å²) in [4.78, 5) is 39.4. The summed E-state index contributed by atoms with van der Waals surface area (Å²) in [5.41, 5.74) is -1.19. The SMILES string of the molecule is C[C@@]12CC(=O)N(c3c(F)cc(-c4ccccc4)cc3F)C(=O)N1CCNC2=O. The van der Waals surface area contributed by atoms with E-state index in [1.54, 1.807) is 30.3 Å². The number of hydrogen-bond acceptors (Lipinski definition) is 3. The lowest BCUT2D eigenvalue weighted by Crippen LogP contribution is -2.72. The molecular weight excluding hydrogens is 368 g/mol. The molecule has 2 aliphatic heterocycles. The highest BCUT2D eigenvalue weighted by Gasteiger charge is 2.53. The number of nitrogens with one attached hydrogen (secondary N) is 1. The van der Waals surface area contributed by atoms with Gasteiger partial charge in [0, 0.05) is 13.1 Å². The van der Waals surface area contributed by atoms with Crippen LogP contribution in [0, 0.1) is 11.6 Å². The number of imide groups is 1. The molecule has 0 radical (unpaired) electrons. The van der Waals surface area contributed by atoms with E-state index in [2.05, 4.69) is 5.32 Å². The van der Waals surface area contributed by atoms with Gasteiger partial charge in [-0.15, -0.1) is 0 Å². The first kappa shape index (κ1) is 18.1. The zero-order chi connectivity index (χ0) is 20.1. The summed E-state index contributed by atoms with van der Waals surface area (Å²) in [6.07, 6.45) is -0.357. The number of carbonyl (C=O) groups excluding carboxylic acids is 3. The molecule has 4 rings (SSSR count). The fraction of sp³-hybridized carbons (Fsp3) is 0.250. The van der Waals surface area contributed by atoms with E-state index >= 15 is 0 Å². The van der Waals surface area contributed by atoms with Gasteiger partial charge in [-0.25, -0.2) is 18.5 Å². The quantitative estimate of drug-likeness (QED) is 0.864. The van der Waals surface area contributed by atoms with E-state index in [1.807, 2.05) is 0 Å². The second kappa shape index (κ2) is 6.40. The number of nitrogens with zero attached hydrogens (tertiary/aromatic N) is 2. The molecule has 28 heavy (non-hydrogen) atoms. The molecule has 4 amide bonds. The number of rotatable bonds is 2. The van der Waals surface area contributed by atoms with Crippen LogP contribution in [-0.4, -0.2) is 41.4 Å². The molecule has 2 fully saturated rings. The Hall–Kier alpha value is -3.29. The van der Waals surface area contributed by atoms with Crippen LogP contribution in [0.5, 0.6) is 0 Å².